The molecule has 1 aromatic carbocycles. The summed E-state index contributed by atoms with van der Waals surface area (Å²) in [5.74, 6) is 0.969. The minimum Gasteiger partial charge on any atom is -0.497 e. The number of carbonyl (C=O) groups is 1. The summed E-state index contributed by atoms with van der Waals surface area (Å²) in [6.45, 7) is 0. The maximum atomic E-state index is 12.3. The highest BCUT2D eigenvalue weighted by Gasteiger charge is 2.16. The zero-order valence-electron chi connectivity index (χ0n) is 16.6. The first-order valence-corrected chi connectivity index (χ1v) is 12.5. The fourth-order valence-corrected chi connectivity index (χ4v) is 5.62. The van der Waals surface area contributed by atoms with E-state index in [9.17, 15) is 4.79 Å². The number of nitrogens with one attached hydrogen (secondary N) is 2. The van der Waals surface area contributed by atoms with Crippen LogP contribution in [0.3, 0.4) is 0 Å². The first-order valence-electron chi connectivity index (χ1n) is 9.82. The van der Waals surface area contributed by atoms with Gasteiger partial charge in [0.05, 0.1) is 18.6 Å². The van der Waals surface area contributed by atoms with E-state index in [-0.39, 0.29) is 11.7 Å². The van der Waals surface area contributed by atoms with Crippen LogP contribution in [0, 0.1) is 0 Å². The molecule has 2 heterocycles. The Morgan fingerprint density at radius 2 is 1.97 bits per heavy atom. The Bertz CT molecular complexity index is 967. The molecule has 30 heavy (non-hydrogen) atoms. The normalized spacial score (nSPS) is 14.4. The van der Waals surface area contributed by atoms with Gasteiger partial charge < -0.3 is 15.4 Å². The number of anilines is 2. The number of carbonyl (C=O) groups excluding carboxylic acids is 1. The van der Waals surface area contributed by atoms with Crippen molar-refractivity contribution in [1.29, 1.82) is 0 Å². The third-order valence-electron chi connectivity index (χ3n) is 4.80. The van der Waals surface area contributed by atoms with Crippen LogP contribution in [0.4, 0.5) is 10.3 Å². The molecule has 0 aliphatic heterocycles. The van der Waals surface area contributed by atoms with Crippen LogP contribution in [0.2, 0.25) is 0 Å². The highest BCUT2D eigenvalue weighted by molar-refractivity contribution is 8.01. The highest BCUT2D eigenvalue weighted by atomic mass is 32.2. The largest absolute Gasteiger partial charge is 0.497 e. The molecule has 1 amide bonds. The Labute approximate surface area is 187 Å². The number of amides is 1. The topological polar surface area (TPSA) is 89.0 Å². The van der Waals surface area contributed by atoms with Gasteiger partial charge in [0, 0.05) is 17.0 Å². The SMILES string of the molecule is COc1ccc(-c2csc(NC(=O)CSc3nnc(NC4CCCCC4)s3)n2)cc1. The van der Waals surface area contributed by atoms with Gasteiger partial charge in [-0.1, -0.05) is 42.4 Å². The molecule has 1 fully saturated rings. The van der Waals surface area contributed by atoms with E-state index in [1.54, 1.807) is 7.11 Å². The van der Waals surface area contributed by atoms with Crippen molar-refractivity contribution >= 4 is 50.6 Å². The van der Waals surface area contributed by atoms with Gasteiger partial charge in [0.1, 0.15) is 5.75 Å². The van der Waals surface area contributed by atoms with E-state index in [1.165, 1.54) is 66.5 Å². The maximum Gasteiger partial charge on any atom is 0.236 e. The number of aromatic nitrogens is 3. The average Bonchev–Trinajstić information content (AvgIpc) is 3.43. The van der Waals surface area contributed by atoms with Gasteiger partial charge in [0.25, 0.3) is 0 Å². The zero-order valence-corrected chi connectivity index (χ0v) is 19.0. The summed E-state index contributed by atoms with van der Waals surface area (Å²) < 4.78 is 5.97. The van der Waals surface area contributed by atoms with Gasteiger partial charge in [0.15, 0.2) is 9.47 Å². The molecule has 0 saturated heterocycles. The minimum absolute atomic E-state index is 0.104. The fourth-order valence-electron chi connectivity index (χ4n) is 3.26. The number of thiazole rings is 1. The van der Waals surface area contributed by atoms with E-state index in [0.29, 0.717) is 11.2 Å². The maximum absolute atomic E-state index is 12.3. The van der Waals surface area contributed by atoms with Crippen molar-refractivity contribution in [3.8, 4) is 17.0 Å². The number of methoxy groups -OCH3 is 1. The van der Waals surface area contributed by atoms with Crippen molar-refractivity contribution in [2.75, 3.05) is 23.5 Å². The molecular formula is C20H23N5O2S3. The van der Waals surface area contributed by atoms with Crippen LogP contribution in [-0.2, 0) is 4.79 Å². The molecule has 2 N–H and O–H groups in total. The summed E-state index contributed by atoms with van der Waals surface area (Å²) in [7, 11) is 1.64. The van der Waals surface area contributed by atoms with Gasteiger partial charge in [-0.3, -0.25) is 4.79 Å². The van der Waals surface area contributed by atoms with E-state index in [2.05, 4.69) is 25.8 Å². The van der Waals surface area contributed by atoms with Gasteiger partial charge in [-0.25, -0.2) is 4.98 Å². The molecule has 1 saturated carbocycles. The van der Waals surface area contributed by atoms with Gasteiger partial charge in [-0.2, -0.15) is 0 Å². The molecule has 0 unspecified atom stereocenters. The smallest absolute Gasteiger partial charge is 0.236 e. The van der Waals surface area contributed by atoms with E-state index < -0.39 is 0 Å². The van der Waals surface area contributed by atoms with Crippen LogP contribution in [0.25, 0.3) is 11.3 Å². The average molecular weight is 462 g/mol. The number of thioether (sulfide) groups is 1. The van der Waals surface area contributed by atoms with E-state index in [1.807, 2.05) is 29.6 Å². The first kappa shape index (κ1) is 21.1. The van der Waals surface area contributed by atoms with Crippen LogP contribution in [-0.4, -0.2) is 40.0 Å². The predicted octanol–water partition coefficient (Wildman–Crippen LogP) is 5.15. The summed E-state index contributed by atoms with van der Waals surface area (Å²) in [6, 6.07) is 8.18. The predicted molar refractivity (Wildman–Crippen MR) is 124 cm³/mol. The lowest BCUT2D eigenvalue weighted by atomic mass is 9.96. The van der Waals surface area contributed by atoms with E-state index >= 15 is 0 Å². The zero-order chi connectivity index (χ0) is 20.8. The van der Waals surface area contributed by atoms with Crippen LogP contribution in [0.5, 0.6) is 5.75 Å². The molecule has 10 heteroatoms. The molecule has 2 aromatic heterocycles. The van der Waals surface area contributed by atoms with Crippen LogP contribution in [0.15, 0.2) is 34.0 Å². The molecule has 1 aliphatic rings. The Kier molecular flexibility index (Phi) is 7.19. The second-order valence-electron chi connectivity index (χ2n) is 6.96. The third-order valence-corrected chi connectivity index (χ3v) is 7.55. The summed E-state index contributed by atoms with van der Waals surface area (Å²) in [6.07, 6.45) is 6.25. The summed E-state index contributed by atoms with van der Waals surface area (Å²) >= 11 is 4.31. The van der Waals surface area contributed by atoms with Crippen LogP contribution in [0.1, 0.15) is 32.1 Å². The van der Waals surface area contributed by atoms with Crippen LogP contribution >= 0.6 is 34.4 Å². The molecule has 1 aliphatic carbocycles. The van der Waals surface area contributed by atoms with Gasteiger partial charge in [-0.05, 0) is 37.1 Å². The molecule has 0 radical (unpaired) electrons. The van der Waals surface area contributed by atoms with Crippen molar-refractivity contribution in [3.05, 3.63) is 29.6 Å². The number of nitrogens with zero attached hydrogens (tertiary/aromatic N) is 3. The standard InChI is InChI=1S/C20H23N5O2S3/c1-27-15-9-7-13(8-10-15)16-11-28-18(22-16)23-17(26)12-29-20-25-24-19(30-20)21-14-5-3-2-4-6-14/h7-11,14H,2-6,12H2,1H3,(H,21,24)(H,22,23,26). The Morgan fingerprint density at radius 1 is 1.17 bits per heavy atom. The van der Waals surface area contributed by atoms with Gasteiger partial charge in [-0.15, -0.1) is 21.5 Å². The number of ether oxygens (including phenoxy) is 1. The third kappa shape index (κ3) is 5.71. The number of hydrogen-bond acceptors (Lipinski definition) is 9. The highest BCUT2D eigenvalue weighted by Crippen LogP contribution is 2.29. The summed E-state index contributed by atoms with van der Waals surface area (Å²) in [5, 5.41) is 18.1. The summed E-state index contributed by atoms with van der Waals surface area (Å²) in [4.78, 5) is 16.8. The number of benzene rings is 1. The molecule has 0 bridgehead atoms. The fraction of sp³-hybridized carbons (Fsp3) is 0.400. The number of rotatable bonds is 8. The molecule has 0 atom stereocenters. The molecule has 7 nitrogen and oxygen atoms in total. The quantitative estimate of drug-likeness (QED) is 0.449. The van der Waals surface area contributed by atoms with Gasteiger partial charge in [0.2, 0.25) is 11.0 Å². The van der Waals surface area contributed by atoms with Crippen molar-refractivity contribution < 1.29 is 9.53 Å². The summed E-state index contributed by atoms with van der Waals surface area (Å²) in [5.41, 5.74) is 1.81. The van der Waals surface area contributed by atoms with E-state index in [0.717, 1.165) is 26.5 Å². The monoisotopic (exact) mass is 461 g/mol. The van der Waals surface area contributed by atoms with Crippen molar-refractivity contribution in [3.63, 3.8) is 0 Å². The lowest BCUT2D eigenvalue weighted by molar-refractivity contribution is -0.113. The molecular weight excluding hydrogens is 438 g/mol. The van der Waals surface area contributed by atoms with Crippen molar-refractivity contribution in [2.45, 2.75) is 42.5 Å². The molecule has 158 valence electrons. The number of hydrogen-bond donors (Lipinski definition) is 2. The Morgan fingerprint density at radius 3 is 2.73 bits per heavy atom. The molecule has 3 aromatic rings. The minimum atomic E-state index is -0.104. The van der Waals surface area contributed by atoms with E-state index in [4.69, 9.17) is 4.74 Å². The van der Waals surface area contributed by atoms with Crippen molar-refractivity contribution in [1.82, 2.24) is 15.2 Å². The molecule has 4 rings (SSSR count). The Balaban J connectivity index is 1.25. The van der Waals surface area contributed by atoms with Crippen molar-refractivity contribution in [2.24, 2.45) is 0 Å². The first-order chi connectivity index (χ1) is 14.7. The second-order valence-corrected chi connectivity index (χ2v) is 10.0. The lowest BCUT2D eigenvalue weighted by Gasteiger charge is -2.21. The van der Waals surface area contributed by atoms with Crippen LogP contribution < -0.4 is 15.4 Å². The second kappa shape index (κ2) is 10.2. The lowest BCUT2D eigenvalue weighted by Crippen LogP contribution is -2.21. The Hall–Kier alpha value is -2.17. The molecule has 0 spiro atoms. The van der Waals surface area contributed by atoms with Gasteiger partial charge >= 0.3 is 0 Å².